The summed E-state index contributed by atoms with van der Waals surface area (Å²) >= 11 is 0. The molecule has 0 aliphatic carbocycles. The Morgan fingerprint density at radius 2 is 2.21 bits per heavy atom. The summed E-state index contributed by atoms with van der Waals surface area (Å²) in [6, 6.07) is 6.52. The Balaban J connectivity index is 2.47. The number of para-hydroxylation sites is 2. The number of fused-ring (bicyclic) bond motifs is 1. The Labute approximate surface area is 84.1 Å². The maximum atomic E-state index is 11.6. The molecule has 1 aliphatic heterocycles. The van der Waals surface area contributed by atoms with Crippen LogP contribution < -0.4 is 9.64 Å². The first-order chi connectivity index (χ1) is 6.74. The third kappa shape index (κ3) is 1.27. The molecular formula is C10H10BNO2. The maximum absolute atomic E-state index is 11.6. The van der Waals surface area contributed by atoms with Gasteiger partial charge in [-0.2, -0.15) is 0 Å². The van der Waals surface area contributed by atoms with Crippen molar-refractivity contribution in [1.82, 2.24) is 0 Å². The van der Waals surface area contributed by atoms with Crippen LogP contribution in [-0.4, -0.2) is 26.3 Å². The number of nitrogens with zero attached hydrogens (tertiary/aromatic N) is 1. The fourth-order valence-electron chi connectivity index (χ4n) is 1.57. The number of hydrogen-bond donors (Lipinski definition) is 0. The SMILES string of the molecule is [B]C1Oc2ccccc2N(CC)C1=O. The van der Waals surface area contributed by atoms with Crippen molar-refractivity contribution in [3.8, 4) is 5.75 Å². The predicted molar refractivity (Wildman–Crippen MR) is 54.6 cm³/mol. The predicted octanol–water partition coefficient (Wildman–Crippen LogP) is 0.926. The minimum atomic E-state index is -0.871. The number of anilines is 1. The van der Waals surface area contributed by atoms with E-state index in [1.165, 1.54) is 0 Å². The number of rotatable bonds is 1. The number of likely N-dealkylation sites (N-methyl/N-ethyl adjacent to an activating group) is 1. The van der Waals surface area contributed by atoms with Gasteiger partial charge in [0.2, 0.25) is 0 Å². The quantitative estimate of drug-likeness (QED) is 0.612. The van der Waals surface area contributed by atoms with E-state index in [0.29, 0.717) is 12.3 Å². The first-order valence-corrected chi connectivity index (χ1v) is 4.56. The Bertz CT molecular complexity index is 367. The second-order valence-corrected chi connectivity index (χ2v) is 3.09. The van der Waals surface area contributed by atoms with Gasteiger partial charge in [-0.3, -0.25) is 4.79 Å². The molecule has 2 rings (SSSR count). The van der Waals surface area contributed by atoms with Crippen molar-refractivity contribution in [2.45, 2.75) is 12.9 Å². The molecule has 0 saturated heterocycles. The zero-order valence-corrected chi connectivity index (χ0v) is 7.93. The van der Waals surface area contributed by atoms with Gasteiger partial charge < -0.3 is 9.64 Å². The average Bonchev–Trinajstić information content (AvgIpc) is 2.20. The zero-order valence-electron chi connectivity index (χ0n) is 7.93. The van der Waals surface area contributed by atoms with Crippen molar-refractivity contribution in [3.05, 3.63) is 24.3 Å². The topological polar surface area (TPSA) is 29.5 Å². The Morgan fingerprint density at radius 3 is 2.93 bits per heavy atom. The van der Waals surface area contributed by atoms with Crippen LogP contribution in [0.3, 0.4) is 0 Å². The van der Waals surface area contributed by atoms with Gasteiger partial charge in [-0.1, -0.05) is 12.1 Å². The molecule has 0 N–H and O–H groups in total. The molecular weight excluding hydrogens is 177 g/mol. The first-order valence-electron chi connectivity index (χ1n) is 4.56. The average molecular weight is 187 g/mol. The van der Waals surface area contributed by atoms with E-state index in [-0.39, 0.29) is 5.91 Å². The zero-order chi connectivity index (χ0) is 10.1. The van der Waals surface area contributed by atoms with E-state index < -0.39 is 6.00 Å². The van der Waals surface area contributed by atoms with Crippen LogP contribution in [0.2, 0.25) is 0 Å². The molecule has 0 saturated carbocycles. The third-order valence-corrected chi connectivity index (χ3v) is 2.24. The summed E-state index contributed by atoms with van der Waals surface area (Å²) in [5.41, 5.74) is 0.793. The minimum absolute atomic E-state index is 0.189. The molecule has 0 fully saturated rings. The largest absolute Gasteiger partial charge is 0.489 e. The molecule has 2 radical (unpaired) electrons. The van der Waals surface area contributed by atoms with Crippen LogP contribution in [0.5, 0.6) is 5.75 Å². The second kappa shape index (κ2) is 3.37. The van der Waals surface area contributed by atoms with Gasteiger partial charge in [0.05, 0.1) is 5.69 Å². The van der Waals surface area contributed by atoms with Crippen molar-refractivity contribution in [1.29, 1.82) is 0 Å². The van der Waals surface area contributed by atoms with E-state index >= 15 is 0 Å². The molecule has 0 aromatic heterocycles. The summed E-state index contributed by atoms with van der Waals surface area (Å²) in [4.78, 5) is 13.2. The van der Waals surface area contributed by atoms with Gasteiger partial charge in [0.25, 0.3) is 5.91 Å². The minimum Gasteiger partial charge on any atom is -0.489 e. The van der Waals surface area contributed by atoms with E-state index in [2.05, 4.69) is 0 Å². The maximum Gasteiger partial charge on any atom is 0.257 e. The lowest BCUT2D eigenvalue weighted by Gasteiger charge is -2.32. The Hall–Kier alpha value is -1.45. The standard InChI is InChI=1S/C10H10BNO2/c1-2-12-7-5-3-4-6-8(7)14-9(11)10(12)13/h3-6,9H,2H2,1H3. The summed E-state index contributed by atoms with van der Waals surface area (Å²) in [6.07, 6.45) is 0. The highest BCUT2D eigenvalue weighted by Gasteiger charge is 2.29. The fraction of sp³-hybridized carbons (Fsp3) is 0.300. The number of amides is 1. The fourth-order valence-corrected chi connectivity index (χ4v) is 1.57. The molecule has 3 nitrogen and oxygen atoms in total. The Kier molecular flexibility index (Phi) is 2.19. The van der Waals surface area contributed by atoms with Gasteiger partial charge in [-0.15, -0.1) is 0 Å². The van der Waals surface area contributed by atoms with Gasteiger partial charge in [0.1, 0.15) is 19.6 Å². The van der Waals surface area contributed by atoms with Crippen LogP contribution in [0.15, 0.2) is 24.3 Å². The van der Waals surface area contributed by atoms with E-state index in [0.717, 1.165) is 5.69 Å². The molecule has 1 aromatic carbocycles. The van der Waals surface area contributed by atoms with Gasteiger partial charge in [0, 0.05) is 6.54 Å². The highest BCUT2D eigenvalue weighted by Crippen LogP contribution is 2.32. The third-order valence-electron chi connectivity index (χ3n) is 2.24. The molecule has 1 atom stereocenters. The van der Waals surface area contributed by atoms with Crippen molar-refractivity contribution in [2.24, 2.45) is 0 Å². The summed E-state index contributed by atoms with van der Waals surface area (Å²) < 4.78 is 5.26. The summed E-state index contributed by atoms with van der Waals surface area (Å²) in [5, 5.41) is 0. The van der Waals surface area contributed by atoms with Crippen LogP contribution in [0, 0.1) is 0 Å². The van der Waals surface area contributed by atoms with E-state index in [4.69, 9.17) is 12.6 Å². The number of ether oxygens (including phenoxy) is 1. The second-order valence-electron chi connectivity index (χ2n) is 3.09. The molecule has 1 heterocycles. The van der Waals surface area contributed by atoms with Crippen LogP contribution in [0.1, 0.15) is 6.92 Å². The van der Waals surface area contributed by atoms with E-state index in [1.54, 1.807) is 4.90 Å². The summed E-state index contributed by atoms with van der Waals surface area (Å²) in [6.45, 7) is 2.51. The molecule has 0 spiro atoms. The van der Waals surface area contributed by atoms with Crippen molar-refractivity contribution in [3.63, 3.8) is 0 Å². The highest BCUT2D eigenvalue weighted by atomic mass is 16.5. The molecule has 1 amide bonds. The van der Waals surface area contributed by atoms with Crippen LogP contribution >= 0.6 is 0 Å². The number of hydrogen-bond acceptors (Lipinski definition) is 2. The monoisotopic (exact) mass is 187 g/mol. The van der Waals surface area contributed by atoms with Gasteiger partial charge >= 0.3 is 0 Å². The number of carbonyl (C=O) groups excluding carboxylic acids is 1. The van der Waals surface area contributed by atoms with Crippen molar-refractivity contribution < 1.29 is 9.53 Å². The molecule has 0 bridgehead atoms. The lowest BCUT2D eigenvalue weighted by molar-refractivity contribution is -0.123. The summed E-state index contributed by atoms with van der Waals surface area (Å²) in [7, 11) is 5.55. The normalized spacial score (nSPS) is 20.2. The molecule has 1 unspecified atom stereocenters. The molecule has 14 heavy (non-hydrogen) atoms. The van der Waals surface area contributed by atoms with Crippen molar-refractivity contribution >= 4 is 19.4 Å². The van der Waals surface area contributed by atoms with Crippen LogP contribution in [0.25, 0.3) is 0 Å². The first kappa shape index (κ1) is 9.12. The smallest absolute Gasteiger partial charge is 0.257 e. The lowest BCUT2D eigenvalue weighted by Crippen LogP contribution is -2.46. The Morgan fingerprint density at radius 1 is 1.50 bits per heavy atom. The van der Waals surface area contributed by atoms with Gasteiger partial charge in [0.15, 0.2) is 0 Å². The van der Waals surface area contributed by atoms with E-state index in [9.17, 15) is 4.79 Å². The van der Waals surface area contributed by atoms with Crippen LogP contribution in [-0.2, 0) is 4.79 Å². The molecule has 1 aromatic rings. The van der Waals surface area contributed by atoms with Gasteiger partial charge in [-0.25, -0.2) is 0 Å². The van der Waals surface area contributed by atoms with Crippen LogP contribution in [0.4, 0.5) is 5.69 Å². The summed E-state index contributed by atoms with van der Waals surface area (Å²) in [5.74, 6) is 0.479. The lowest BCUT2D eigenvalue weighted by atomic mass is 9.96. The number of benzene rings is 1. The highest BCUT2D eigenvalue weighted by molar-refractivity contribution is 6.27. The van der Waals surface area contributed by atoms with Gasteiger partial charge in [-0.05, 0) is 19.1 Å². The molecule has 4 heteroatoms. The van der Waals surface area contributed by atoms with Crippen molar-refractivity contribution in [2.75, 3.05) is 11.4 Å². The molecule has 1 aliphatic rings. The molecule has 70 valence electrons. The van der Waals surface area contributed by atoms with E-state index in [1.807, 2.05) is 31.2 Å². The number of carbonyl (C=O) groups is 1.